The van der Waals surface area contributed by atoms with E-state index >= 15 is 0 Å². The van der Waals surface area contributed by atoms with Crippen molar-refractivity contribution in [3.63, 3.8) is 0 Å². The van der Waals surface area contributed by atoms with E-state index in [2.05, 4.69) is 4.98 Å². The number of ether oxygens (including phenoxy) is 1. The van der Waals surface area contributed by atoms with Crippen molar-refractivity contribution in [3.05, 3.63) is 65.8 Å². The van der Waals surface area contributed by atoms with E-state index in [1.807, 2.05) is 54.8 Å². The van der Waals surface area contributed by atoms with Gasteiger partial charge in [-0.2, -0.15) is 4.73 Å². The lowest BCUT2D eigenvalue weighted by Gasteiger charge is -2.07. The second-order valence-electron chi connectivity index (χ2n) is 5.90. The van der Waals surface area contributed by atoms with Gasteiger partial charge in [0.25, 0.3) is 0 Å². The van der Waals surface area contributed by atoms with Gasteiger partial charge in [0, 0.05) is 23.5 Å². The summed E-state index contributed by atoms with van der Waals surface area (Å²) in [5.74, 6) is 1.26. The Labute approximate surface area is 155 Å². The maximum absolute atomic E-state index is 10.9. The first kappa shape index (κ1) is 16.4. The Bertz CT molecular complexity index is 1050. The van der Waals surface area contributed by atoms with Crippen molar-refractivity contribution in [2.24, 2.45) is 0 Å². The minimum atomic E-state index is 0.521. The predicted octanol–water partition coefficient (Wildman–Crippen LogP) is 4.89. The zero-order chi connectivity index (χ0) is 18.1. The molecular formula is C20H17N3O2S. The molecule has 26 heavy (non-hydrogen) atoms. The number of rotatable bonds is 4. The van der Waals surface area contributed by atoms with E-state index in [0.29, 0.717) is 17.2 Å². The Hall–Kier alpha value is -3.12. The number of imidazole rings is 1. The number of pyridine rings is 1. The van der Waals surface area contributed by atoms with Gasteiger partial charge in [0.05, 0.1) is 12.0 Å². The average Bonchev–Trinajstić information content (AvgIpc) is 3.25. The predicted molar refractivity (Wildman–Crippen MR) is 103 cm³/mol. The van der Waals surface area contributed by atoms with Crippen molar-refractivity contribution in [1.29, 1.82) is 0 Å². The topological polar surface area (TPSA) is 60.2 Å². The van der Waals surface area contributed by atoms with Crippen molar-refractivity contribution in [2.75, 3.05) is 7.11 Å². The van der Waals surface area contributed by atoms with Crippen LogP contribution in [-0.2, 0) is 0 Å². The highest BCUT2D eigenvalue weighted by Crippen LogP contribution is 2.37. The molecule has 3 heterocycles. The number of methoxy groups -OCH3 is 1. The summed E-state index contributed by atoms with van der Waals surface area (Å²) in [6.45, 7) is 2.03. The third-order valence-electron chi connectivity index (χ3n) is 4.10. The third kappa shape index (κ3) is 2.84. The van der Waals surface area contributed by atoms with Crippen LogP contribution < -0.4 is 4.74 Å². The summed E-state index contributed by atoms with van der Waals surface area (Å²) in [6, 6.07) is 13.4. The van der Waals surface area contributed by atoms with E-state index in [1.165, 1.54) is 0 Å². The standard InChI is InChI=1S/C20H17N3O2S/c1-13-10-17(26-12-13)20-22-18(15-4-3-5-16(11-15)25-2)19(23(20)24)14-6-8-21-9-7-14/h3-12,24H,1-2H3. The van der Waals surface area contributed by atoms with Gasteiger partial charge in [-0.25, -0.2) is 4.98 Å². The summed E-state index contributed by atoms with van der Waals surface area (Å²) >= 11 is 1.56. The second kappa shape index (κ2) is 6.65. The molecule has 3 aromatic heterocycles. The summed E-state index contributed by atoms with van der Waals surface area (Å²) < 4.78 is 6.50. The summed E-state index contributed by atoms with van der Waals surface area (Å²) in [4.78, 5) is 9.74. The molecule has 5 nitrogen and oxygen atoms in total. The van der Waals surface area contributed by atoms with Gasteiger partial charge < -0.3 is 9.94 Å². The largest absolute Gasteiger partial charge is 0.497 e. The van der Waals surface area contributed by atoms with Crippen LogP contribution in [0, 0.1) is 6.92 Å². The van der Waals surface area contributed by atoms with Crippen LogP contribution in [0.25, 0.3) is 33.2 Å². The first-order valence-electron chi connectivity index (χ1n) is 8.09. The molecule has 1 N–H and O–H groups in total. The van der Waals surface area contributed by atoms with Gasteiger partial charge in [-0.3, -0.25) is 4.98 Å². The molecule has 4 rings (SSSR count). The number of benzene rings is 1. The highest BCUT2D eigenvalue weighted by atomic mass is 32.1. The summed E-state index contributed by atoms with van der Waals surface area (Å²) in [7, 11) is 1.63. The van der Waals surface area contributed by atoms with Crippen molar-refractivity contribution in [3.8, 4) is 39.0 Å². The van der Waals surface area contributed by atoms with Gasteiger partial charge in [-0.15, -0.1) is 11.3 Å². The van der Waals surface area contributed by atoms with Gasteiger partial charge in [0.1, 0.15) is 17.1 Å². The molecule has 0 atom stereocenters. The van der Waals surface area contributed by atoms with Gasteiger partial charge in [-0.1, -0.05) is 12.1 Å². The molecule has 0 fully saturated rings. The monoisotopic (exact) mass is 363 g/mol. The Kier molecular flexibility index (Phi) is 4.18. The normalized spacial score (nSPS) is 10.8. The zero-order valence-electron chi connectivity index (χ0n) is 14.4. The number of aryl methyl sites for hydroxylation is 1. The number of hydrogen-bond acceptors (Lipinski definition) is 5. The smallest absolute Gasteiger partial charge is 0.186 e. The number of nitrogens with zero attached hydrogens (tertiary/aromatic N) is 3. The lowest BCUT2D eigenvalue weighted by atomic mass is 10.1. The minimum Gasteiger partial charge on any atom is -0.497 e. The molecule has 0 saturated carbocycles. The van der Waals surface area contributed by atoms with Gasteiger partial charge in [0.2, 0.25) is 0 Å². The zero-order valence-corrected chi connectivity index (χ0v) is 15.2. The lowest BCUT2D eigenvalue weighted by molar-refractivity contribution is 0.195. The van der Waals surface area contributed by atoms with Crippen LogP contribution in [0.5, 0.6) is 5.75 Å². The van der Waals surface area contributed by atoms with E-state index in [-0.39, 0.29) is 0 Å². The lowest BCUT2D eigenvalue weighted by Crippen LogP contribution is -1.96. The van der Waals surface area contributed by atoms with Crippen LogP contribution in [0.3, 0.4) is 0 Å². The molecule has 0 aliphatic heterocycles. The fourth-order valence-electron chi connectivity index (χ4n) is 2.86. The van der Waals surface area contributed by atoms with Gasteiger partial charge in [-0.05, 0) is 48.2 Å². The Morgan fingerprint density at radius 2 is 1.88 bits per heavy atom. The first-order chi connectivity index (χ1) is 12.7. The van der Waals surface area contributed by atoms with E-state index in [0.717, 1.165) is 32.0 Å². The molecule has 4 aromatic rings. The van der Waals surface area contributed by atoms with Crippen LogP contribution in [0.2, 0.25) is 0 Å². The van der Waals surface area contributed by atoms with Crippen LogP contribution in [0.1, 0.15) is 5.56 Å². The van der Waals surface area contributed by atoms with Crippen LogP contribution >= 0.6 is 11.3 Å². The van der Waals surface area contributed by atoms with Gasteiger partial charge in [0.15, 0.2) is 5.82 Å². The average molecular weight is 363 g/mol. The van der Waals surface area contributed by atoms with E-state index in [1.54, 1.807) is 30.8 Å². The Morgan fingerprint density at radius 1 is 1.08 bits per heavy atom. The van der Waals surface area contributed by atoms with Crippen molar-refractivity contribution < 1.29 is 9.94 Å². The molecule has 0 amide bonds. The minimum absolute atomic E-state index is 0.521. The second-order valence-corrected chi connectivity index (χ2v) is 6.81. The van der Waals surface area contributed by atoms with Crippen molar-refractivity contribution in [1.82, 2.24) is 14.7 Å². The van der Waals surface area contributed by atoms with E-state index in [4.69, 9.17) is 9.72 Å². The quantitative estimate of drug-likeness (QED) is 0.524. The molecule has 0 aliphatic carbocycles. The molecule has 0 spiro atoms. The Morgan fingerprint density at radius 3 is 2.58 bits per heavy atom. The molecular weight excluding hydrogens is 346 g/mol. The molecule has 0 unspecified atom stereocenters. The highest BCUT2D eigenvalue weighted by Gasteiger charge is 2.22. The van der Waals surface area contributed by atoms with Crippen LogP contribution in [0.4, 0.5) is 0 Å². The van der Waals surface area contributed by atoms with Crippen molar-refractivity contribution >= 4 is 11.3 Å². The molecule has 0 saturated heterocycles. The Balaban J connectivity index is 1.97. The fraction of sp³-hybridized carbons (Fsp3) is 0.100. The molecule has 1 aromatic carbocycles. The molecule has 0 bridgehead atoms. The maximum Gasteiger partial charge on any atom is 0.186 e. The number of thiophene rings is 1. The molecule has 130 valence electrons. The first-order valence-corrected chi connectivity index (χ1v) is 8.97. The highest BCUT2D eigenvalue weighted by molar-refractivity contribution is 7.13. The SMILES string of the molecule is COc1cccc(-c2nc(-c3cc(C)cs3)n(O)c2-c2ccncc2)c1. The molecule has 0 radical (unpaired) electrons. The number of hydrogen-bond donors (Lipinski definition) is 1. The molecule has 6 heteroatoms. The molecule has 0 aliphatic rings. The van der Waals surface area contributed by atoms with Crippen LogP contribution in [0.15, 0.2) is 60.2 Å². The van der Waals surface area contributed by atoms with Crippen molar-refractivity contribution in [2.45, 2.75) is 6.92 Å². The van der Waals surface area contributed by atoms with E-state index in [9.17, 15) is 5.21 Å². The van der Waals surface area contributed by atoms with Gasteiger partial charge >= 0.3 is 0 Å². The van der Waals surface area contributed by atoms with Crippen LogP contribution in [-0.4, -0.2) is 27.0 Å². The third-order valence-corrected chi connectivity index (χ3v) is 5.15. The summed E-state index contributed by atoms with van der Waals surface area (Å²) in [5.41, 5.74) is 4.17. The summed E-state index contributed by atoms with van der Waals surface area (Å²) in [6.07, 6.45) is 3.40. The number of aromatic nitrogens is 3. The fourth-order valence-corrected chi connectivity index (χ4v) is 3.73. The maximum atomic E-state index is 10.9. The van der Waals surface area contributed by atoms with E-state index < -0.39 is 0 Å². The summed E-state index contributed by atoms with van der Waals surface area (Å²) in [5, 5.41) is 13.0.